The van der Waals surface area contributed by atoms with E-state index < -0.39 is 0 Å². The number of aryl methyl sites for hydroxylation is 2. The van der Waals surface area contributed by atoms with E-state index in [1.807, 2.05) is 19.1 Å². The molecular formula is C25H34N4O2S. The number of nitrogens with two attached hydrogens (primary N) is 1. The Morgan fingerprint density at radius 3 is 2.75 bits per heavy atom. The molecule has 1 saturated carbocycles. The molecule has 5 N–H and O–H groups in total. The average Bonchev–Trinajstić information content (AvgIpc) is 3.52. The van der Waals surface area contributed by atoms with Gasteiger partial charge in [0.1, 0.15) is 5.00 Å². The molecule has 2 aliphatic rings. The fourth-order valence-electron chi connectivity index (χ4n) is 4.36. The van der Waals surface area contributed by atoms with Crippen molar-refractivity contribution < 1.29 is 9.59 Å². The van der Waals surface area contributed by atoms with Crippen molar-refractivity contribution in [2.24, 2.45) is 5.92 Å². The summed E-state index contributed by atoms with van der Waals surface area (Å²) in [5.74, 6) is 0.539. The monoisotopic (exact) mass is 454 g/mol. The molecule has 172 valence electrons. The van der Waals surface area contributed by atoms with Crippen LogP contribution in [0, 0.1) is 12.8 Å². The molecule has 4 rings (SSSR count). The van der Waals surface area contributed by atoms with E-state index in [0.29, 0.717) is 29.4 Å². The Bertz CT molecular complexity index is 976. The van der Waals surface area contributed by atoms with Crippen molar-refractivity contribution in [3.8, 4) is 0 Å². The third-order valence-electron chi connectivity index (χ3n) is 6.48. The molecule has 7 heteroatoms. The molecule has 1 aromatic heterocycles. The van der Waals surface area contributed by atoms with Crippen LogP contribution in [0.15, 0.2) is 18.2 Å². The minimum atomic E-state index is -0.0509. The number of hydrogen-bond donors (Lipinski definition) is 4. The predicted molar refractivity (Wildman–Crippen MR) is 131 cm³/mol. The molecule has 0 bridgehead atoms. The molecule has 1 fully saturated rings. The lowest BCUT2D eigenvalue weighted by atomic mass is 9.90. The summed E-state index contributed by atoms with van der Waals surface area (Å²) in [6, 6.07) is 6.27. The van der Waals surface area contributed by atoms with Gasteiger partial charge in [-0.15, -0.1) is 11.3 Å². The van der Waals surface area contributed by atoms with Crippen LogP contribution in [-0.4, -0.2) is 24.4 Å². The van der Waals surface area contributed by atoms with Gasteiger partial charge in [-0.2, -0.15) is 0 Å². The third-order valence-corrected chi connectivity index (χ3v) is 7.69. The molecule has 0 radical (unpaired) electrons. The maximum absolute atomic E-state index is 13.2. The van der Waals surface area contributed by atoms with E-state index in [0.717, 1.165) is 49.0 Å². The largest absolute Gasteiger partial charge is 0.398 e. The number of carbonyl (C=O) groups excluding carboxylic acids is 2. The van der Waals surface area contributed by atoms with Crippen LogP contribution >= 0.6 is 11.3 Å². The fraction of sp³-hybridized carbons (Fsp3) is 0.520. The summed E-state index contributed by atoms with van der Waals surface area (Å²) in [5, 5.41) is 10.5. The molecule has 1 aromatic carbocycles. The maximum atomic E-state index is 13.2. The first kappa shape index (κ1) is 22.8. The van der Waals surface area contributed by atoms with E-state index in [1.165, 1.54) is 23.3 Å². The van der Waals surface area contributed by atoms with Crippen LogP contribution in [-0.2, 0) is 24.2 Å². The Balaban J connectivity index is 1.51. The van der Waals surface area contributed by atoms with Gasteiger partial charge in [0.05, 0.1) is 5.56 Å². The molecule has 0 spiro atoms. The summed E-state index contributed by atoms with van der Waals surface area (Å²) in [4.78, 5) is 26.7. The van der Waals surface area contributed by atoms with Crippen LogP contribution in [0.3, 0.4) is 0 Å². The van der Waals surface area contributed by atoms with Gasteiger partial charge in [0.25, 0.3) is 5.91 Å². The van der Waals surface area contributed by atoms with E-state index in [4.69, 9.17) is 5.73 Å². The van der Waals surface area contributed by atoms with Gasteiger partial charge in [-0.25, -0.2) is 0 Å². The van der Waals surface area contributed by atoms with Crippen LogP contribution in [0.4, 0.5) is 10.7 Å². The highest BCUT2D eigenvalue weighted by Gasteiger charge is 2.31. The minimum absolute atomic E-state index is 0.0213. The summed E-state index contributed by atoms with van der Waals surface area (Å²) >= 11 is 1.58. The fourth-order valence-corrected chi connectivity index (χ4v) is 5.62. The second-order valence-corrected chi connectivity index (χ2v) is 10.2. The molecule has 6 nitrogen and oxygen atoms in total. The van der Waals surface area contributed by atoms with E-state index in [2.05, 4.69) is 28.9 Å². The quantitative estimate of drug-likeness (QED) is 0.428. The zero-order valence-electron chi connectivity index (χ0n) is 19.1. The molecule has 1 unspecified atom stereocenters. The van der Waals surface area contributed by atoms with Gasteiger partial charge < -0.3 is 21.7 Å². The number of rotatable bonds is 9. The zero-order valence-corrected chi connectivity index (χ0v) is 19.9. The first-order valence-corrected chi connectivity index (χ1v) is 12.6. The first-order valence-electron chi connectivity index (χ1n) is 11.8. The van der Waals surface area contributed by atoms with Crippen molar-refractivity contribution in [1.29, 1.82) is 0 Å². The topological polar surface area (TPSA) is 96.2 Å². The second-order valence-electron chi connectivity index (χ2n) is 9.12. The third kappa shape index (κ3) is 5.33. The van der Waals surface area contributed by atoms with Crippen LogP contribution in [0.1, 0.15) is 71.0 Å². The van der Waals surface area contributed by atoms with Crippen LogP contribution in [0.5, 0.6) is 0 Å². The van der Waals surface area contributed by atoms with Gasteiger partial charge in [0, 0.05) is 36.1 Å². The highest BCUT2D eigenvalue weighted by molar-refractivity contribution is 7.17. The van der Waals surface area contributed by atoms with Crippen molar-refractivity contribution in [2.75, 3.05) is 17.6 Å². The SMILES string of the molecule is CCCC(=O)Nc1sc2c(c1C(=O)NCC1CC1)CC(NCc1c(C)cccc1N)CC2. The lowest BCUT2D eigenvalue weighted by Gasteiger charge is -2.25. The van der Waals surface area contributed by atoms with Crippen molar-refractivity contribution in [2.45, 2.75) is 71.4 Å². The van der Waals surface area contributed by atoms with Gasteiger partial charge in [-0.1, -0.05) is 19.1 Å². The molecule has 2 aliphatic carbocycles. The molecule has 0 saturated heterocycles. The van der Waals surface area contributed by atoms with Crippen molar-refractivity contribution in [3.05, 3.63) is 45.3 Å². The predicted octanol–water partition coefficient (Wildman–Crippen LogP) is 4.16. The first-order chi connectivity index (χ1) is 15.5. The number of hydrogen-bond acceptors (Lipinski definition) is 5. The van der Waals surface area contributed by atoms with Crippen molar-refractivity contribution in [3.63, 3.8) is 0 Å². The van der Waals surface area contributed by atoms with Crippen LogP contribution in [0.2, 0.25) is 0 Å². The number of anilines is 2. The number of carbonyl (C=O) groups is 2. The van der Waals surface area contributed by atoms with Gasteiger partial charge in [0.2, 0.25) is 5.91 Å². The molecule has 1 heterocycles. The molecule has 0 aliphatic heterocycles. The van der Waals surface area contributed by atoms with Gasteiger partial charge >= 0.3 is 0 Å². The maximum Gasteiger partial charge on any atom is 0.254 e. The Morgan fingerprint density at radius 2 is 2.03 bits per heavy atom. The lowest BCUT2D eigenvalue weighted by molar-refractivity contribution is -0.116. The summed E-state index contributed by atoms with van der Waals surface area (Å²) in [7, 11) is 0. The molecule has 2 aromatic rings. The Hall–Kier alpha value is -2.38. The van der Waals surface area contributed by atoms with Crippen LogP contribution < -0.4 is 21.7 Å². The normalized spacial score (nSPS) is 17.6. The second kappa shape index (κ2) is 10.0. The van der Waals surface area contributed by atoms with Gasteiger partial charge in [-0.3, -0.25) is 9.59 Å². The van der Waals surface area contributed by atoms with E-state index in [9.17, 15) is 9.59 Å². The summed E-state index contributed by atoms with van der Waals surface area (Å²) in [6.45, 7) is 5.50. The molecule has 32 heavy (non-hydrogen) atoms. The standard InChI is InChI=1S/C25H34N4O2S/c1-3-5-22(30)29-25-23(24(31)28-13-16-8-9-16)18-12-17(10-11-21(18)32-25)27-14-19-15(2)6-4-7-20(19)26/h4,6-7,16-17,27H,3,5,8-14,26H2,1-2H3,(H,28,31)(H,29,30). The number of nitrogen functional groups attached to an aromatic ring is 1. The van der Waals surface area contributed by atoms with E-state index in [-0.39, 0.29) is 17.9 Å². The molecular weight excluding hydrogens is 420 g/mol. The number of fused-ring (bicyclic) bond motifs is 1. The number of thiophene rings is 1. The number of nitrogens with one attached hydrogen (secondary N) is 3. The Morgan fingerprint density at radius 1 is 1.22 bits per heavy atom. The summed E-state index contributed by atoms with van der Waals surface area (Å²) < 4.78 is 0. The summed E-state index contributed by atoms with van der Waals surface area (Å²) in [5.41, 5.74) is 11.1. The highest BCUT2D eigenvalue weighted by Crippen LogP contribution is 2.39. The number of amides is 2. The average molecular weight is 455 g/mol. The molecule has 1 atom stereocenters. The lowest BCUT2D eigenvalue weighted by Crippen LogP contribution is -2.35. The van der Waals surface area contributed by atoms with Crippen molar-refractivity contribution in [1.82, 2.24) is 10.6 Å². The highest BCUT2D eigenvalue weighted by atomic mass is 32.1. The van der Waals surface area contributed by atoms with Gasteiger partial charge in [0.15, 0.2) is 0 Å². The van der Waals surface area contributed by atoms with Crippen molar-refractivity contribution >= 4 is 33.8 Å². The smallest absolute Gasteiger partial charge is 0.254 e. The Kier molecular flexibility index (Phi) is 7.16. The Labute approximate surface area is 194 Å². The van der Waals surface area contributed by atoms with E-state index in [1.54, 1.807) is 11.3 Å². The minimum Gasteiger partial charge on any atom is -0.398 e. The summed E-state index contributed by atoms with van der Waals surface area (Å²) in [6.07, 6.45) is 6.33. The zero-order chi connectivity index (χ0) is 22.7. The molecule has 2 amide bonds. The van der Waals surface area contributed by atoms with Crippen LogP contribution in [0.25, 0.3) is 0 Å². The number of benzene rings is 1. The van der Waals surface area contributed by atoms with E-state index >= 15 is 0 Å². The van der Waals surface area contributed by atoms with Gasteiger partial charge in [-0.05, 0) is 74.1 Å².